The molecule has 0 N–H and O–H groups in total. The van der Waals surface area contributed by atoms with Gasteiger partial charge in [-0.15, -0.1) is 0 Å². The third-order valence-corrected chi connectivity index (χ3v) is 8.31. The third kappa shape index (κ3) is 6.13. The molecule has 3 aromatic carbocycles. The van der Waals surface area contributed by atoms with Gasteiger partial charge in [0, 0.05) is 66.6 Å². The van der Waals surface area contributed by atoms with Gasteiger partial charge < -0.3 is 19.1 Å². The third-order valence-electron chi connectivity index (χ3n) is 8.31. The van der Waals surface area contributed by atoms with E-state index in [1.54, 1.807) is 7.11 Å². The summed E-state index contributed by atoms with van der Waals surface area (Å²) in [6, 6.07) is 23.2. The quantitative estimate of drug-likeness (QED) is 0.258. The second-order valence-electron chi connectivity index (χ2n) is 10.5. The van der Waals surface area contributed by atoms with Crippen molar-refractivity contribution >= 4 is 27.7 Å². The monoisotopic (exact) mass is 526 g/mol. The van der Waals surface area contributed by atoms with Crippen molar-refractivity contribution in [2.24, 2.45) is 0 Å². The summed E-state index contributed by atoms with van der Waals surface area (Å²) < 4.78 is 7.70. The predicted molar refractivity (Wildman–Crippen MR) is 161 cm³/mol. The van der Waals surface area contributed by atoms with Crippen LogP contribution < -0.4 is 4.74 Å². The van der Waals surface area contributed by atoms with Crippen LogP contribution in [0.15, 0.2) is 66.7 Å². The SMILES string of the molecule is CCN(CC)CCCn1c2ccccc2c2cc(C(=O)N3CCN(CCc4ccc(OC)cc4)CC3)ccc21. The Hall–Kier alpha value is -3.35. The molecule has 4 aromatic rings. The average molecular weight is 527 g/mol. The summed E-state index contributed by atoms with van der Waals surface area (Å²) in [7, 11) is 1.70. The molecule has 0 bridgehead atoms. The molecule has 1 aliphatic rings. The van der Waals surface area contributed by atoms with Crippen molar-refractivity contribution in [2.75, 3.05) is 59.5 Å². The van der Waals surface area contributed by atoms with E-state index >= 15 is 0 Å². The molecule has 6 heteroatoms. The number of carbonyl (C=O) groups excluding carboxylic acids is 1. The second kappa shape index (κ2) is 12.7. The fourth-order valence-electron chi connectivity index (χ4n) is 5.86. The van der Waals surface area contributed by atoms with Crippen molar-refractivity contribution in [3.05, 3.63) is 77.9 Å². The van der Waals surface area contributed by atoms with Crippen LogP contribution in [0.3, 0.4) is 0 Å². The van der Waals surface area contributed by atoms with E-state index in [2.05, 4.69) is 76.7 Å². The van der Waals surface area contributed by atoms with Gasteiger partial charge in [-0.25, -0.2) is 0 Å². The van der Waals surface area contributed by atoms with Crippen molar-refractivity contribution in [1.29, 1.82) is 0 Å². The summed E-state index contributed by atoms with van der Waals surface area (Å²) in [5, 5.41) is 2.41. The zero-order valence-corrected chi connectivity index (χ0v) is 23.7. The Morgan fingerprint density at radius 3 is 2.28 bits per heavy atom. The highest BCUT2D eigenvalue weighted by atomic mass is 16.5. The molecule has 1 aliphatic heterocycles. The highest BCUT2D eigenvalue weighted by molar-refractivity contribution is 6.10. The van der Waals surface area contributed by atoms with Crippen molar-refractivity contribution in [3.63, 3.8) is 0 Å². The molecular formula is C33H42N4O2. The van der Waals surface area contributed by atoms with E-state index in [4.69, 9.17) is 4.74 Å². The number of nitrogens with zero attached hydrogens (tertiary/aromatic N) is 4. The van der Waals surface area contributed by atoms with Crippen LogP contribution in [0.2, 0.25) is 0 Å². The minimum Gasteiger partial charge on any atom is -0.497 e. The first kappa shape index (κ1) is 27.2. The lowest BCUT2D eigenvalue weighted by Gasteiger charge is -2.34. The van der Waals surface area contributed by atoms with Crippen LogP contribution in [0.5, 0.6) is 5.75 Å². The van der Waals surface area contributed by atoms with Crippen LogP contribution in [-0.2, 0) is 13.0 Å². The van der Waals surface area contributed by atoms with Crippen LogP contribution >= 0.6 is 0 Å². The molecule has 0 radical (unpaired) electrons. The normalized spacial score (nSPS) is 14.5. The second-order valence-corrected chi connectivity index (χ2v) is 10.5. The van der Waals surface area contributed by atoms with Crippen LogP contribution in [-0.4, -0.2) is 84.6 Å². The molecule has 0 saturated carbocycles. The summed E-state index contributed by atoms with van der Waals surface area (Å²) in [5.41, 5.74) is 4.58. The molecule has 1 amide bonds. The highest BCUT2D eigenvalue weighted by Gasteiger charge is 2.23. The number of hydrogen-bond acceptors (Lipinski definition) is 4. The number of aromatic nitrogens is 1. The lowest BCUT2D eigenvalue weighted by molar-refractivity contribution is 0.0638. The van der Waals surface area contributed by atoms with Gasteiger partial charge in [0.25, 0.3) is 5.91 Å². The molecule has 6 nitrogen and oxygen atoms in total. The molecule has 0 spiro atoms. The number of carbonyl (C=O) groups is 1. The largest absolute Gasteiger partial charge is 0.497 e. The molecule has 0 atom stereocenters. The van der Waals surface area contributed by atoms with Crippen molar-refractivity contribution in [2.45, 2.75) is 33.2 Å². The zero-order valence-electron chi connectivity index (χ0n) is 23.7. The molecule has 1 saturated heterocycles. The maximum absolute atomic E-state index is 13.5. The summed E-state index contributed by atoms with van der Waals surface area (Å²) >= 11 is 0. The predicted octanol–water partition coefficient (Wildman–Crippen LogP) is 5.54. The molecule has 5 rings (SSSR count). The molecule has 1 aromatic heterocycles. The van der Waals surface area contributed by atoms with Gasteiger partial charge in [0.05, 0.1) is 7.11 Å². The number of fused-ring (bicyclic) bond motifs is 3. The minimum atomic E-state index is 0.144. The van der Waals surface area contributed by atoms with Gasteiger partial charge >= 0.3 is 0 Å². The van der Waals surface area contributed by atoms with Crippen LogP contribution in [0.1, 0.15) is 36.2 Å². The Morgan fingerprint density at radius 1 is 0.846 bits per heavy atom. The number of aryl methyl sites for hydroxylation is 1. The Kier molecular flexibility index (Phi) is 8.84. The molecule has 1 fully saturated rings. The zero-order chi connectivity index (χ0) is 27.2. The molecule has 0 unspecified atom stereocenters. The maximum Gasteiger partial charge on any atom is 0.253 e. The number of hydrogen-bond donors (Lipinski definition) is 0. The van der Waals surface area contributed by atoms with E-state index in [0.717, 1.165) is 83.1 Å². The van der Waals surface area contributed by atoms with E-state index in [-0.39, 0.29) is 5.91 Å². The molecule has 0 aliphatic carbocycles. The first-order valence-electron chi connectivity index (χ1n) is 14.5. The topological polar surface area (TPSA) is 41.0 Å². The first-order valence-corrected chi connectivity index (χ1v) is 14.5. The number of piperazine rings is 1. The van der Waals surface area contributed by atoms with E-state index in [9.17, 15) is 4.79 Å². The highest BCUT2D eigenvalue weighted by Crippen LogP contribution is 2.30. The Bertz CT molecular complexity index is 1380. The van der Waals surface area contributed by atoms with Gasteiger partial charge in [0.1, 0.15) is 5.75 Å². The van der Waals surface area contributed by atoms with Gasteiger partial charge in [-0.3, -0.25) is 9.69 Å². The van der Waals surface area contributed by atoms with Gasteiger partial charge in [0.2, 0.25) is 0 Å². The van der Waals surface area contributed by atoms with E-state index < -0.39 is 0 Å². The number of benzene rings is 3. The molecule has 206 valence electrons. The Morgan fingerprint density at radius 2 is 1.56 bits per heavy atom. The lowest BCUT2D eigenvalue weighted by Crippen LogP contribution is -2.49. The maximum atomic E-state index is 13.5. The van der Waals surface area contributed by atoms with Gasteiger partial charge in [-0.2, -0.15) is 0 Å². The Balaban J connectivity index is 1.24. The number of para-hydroxylation sites is 1. The molecular weight excluding hydrogens is 484 g/mol. The number of amides is 1. The number of rotatable bonds is 11. The van der Waals surface area contributed by atoms with Crippen LogP contribution in [0, 0.1) is 0 Å². The molecule has 39 heavy (non-hydrogen) atoms. The molecule has 2 heterocycles. The fraction of sp³-hybridized carbons (Fsp3) is 0.424. The summed E-state index contributed by atoms with van der Waals surface area (Å²) in [5.74, 6) is 1.04. The van der Waals surface area contributed by atoms with E-state index in [1.807, 2.05) is 23.1 Å². The summed E-state index contributed by atoms with van der Waals surface area (Å²) in [6.07, 6.45) is 2.12. The van der Waals surface area contributed by atoms with Crippen molar-refractivity contribution in [1.82, 2.24) is 19.3 Å². The van der Waals surface area contributed by atoms with E-state index in [0.29, 0.717) is 0 Å². The number of ether oxygens (including phenoxy) is 1. The average Bonchev–Trinajstić information content (AvgIpc) is 3.31. The van der Waals surface area contributed by atoms with Crippen LogP contribution in [0.4, 0.5) is 0 Å². The van der Waals surface area contributed by atoms with Crippen molar-refractivity contribution in [3.8, 4) is 5.75 Å². The summed E-state index contributed by atoms with van der Waals surface area (Å²) in [6.45, 7) is 13.1. The number of methoxy groups -OCH3 is 1. The van der Waals surface area contributed by atoms with Gasteiger partial charge in [-0.1, -0.05) is 44.2 Å². The fourth-order valence-corrected chi connectivity index (χ4v) is 5.86. The smallest absolute Gasteiger partial charge is 0.253 e. The summed E-state index contributed by atoms with van der Waals surface area (Å²) in [4.78, 5) is 20.5. The van der Waals surface area contributed by atoms with Gasteiger partial charge in [0.15, 0.2) is 0 Å². The van der Waals surface area contributed by atoms with Crippen LogP contribution in [0.25, 0.3) is 21.8 Å². The Labute approximate surface area is 232 Å². The lowest BCUT2D eigenvalue weighted by atomic mass is 10.1. The van der Waals surface area contributed by atoms with E-state index in [1.165, 1.54) is 27.4 Å². The first-order chi connectivity index (χ1) is 19.1. The van der Waals surface area contributed by atoms with Gasteiger partial charge in [-0.05, 0) is 74.4 Å². The minimum absolute atomic E-state index is 0.144. The van der Waals surface area contributed by atoms with Crippen molar-refractivity contribution < 1.29 is 9.53 Å². The standard InChI is InChI=1S/C33H42N4O2/c1-4-34(5-2)18-8-19-37-31-10-7-6-9-29(31)30-25-27(13-16-32(30)37)33(38)36-23-21-35(22-24-36)20-17-26-11-14-28(39-3)15-12-26/h6-7,9-16,25H,4-5,8,17-24H2,1-3H3.